The van der Waals surface area contributed by atoms with E-state index in [0.717, 1.165) is 16.6 Å². The number of ether oxygens (including phenoxy) is 2. The summed E-state index contributed by atoms with van der Waals surface area (Å²) < 4.78 is 9.48. The van der Waals surface area contributed by atoms with Gasteiger partial charge < -0.3 is 9.47 Å². The second-order valence-electron chi connectivity index (χ2n) is 5.40. The van der Waals surface area contributed by atoms with Crippen LogP contribution in [0.5, 0.6) is 0 Å². The molecule has 0 atom stereocenters. The second-order valence-corrected chi connectivity index (χ2v) is 5.40. The lowest BCUT2D eigenvalue weighted by atomic mass is 10.0. The molecule has 1 heterocycles. The number of aromatic amines is 1. The van der Waals surface area contributed by atoms with Crippen LogP contribution in [-0.4, -0.2) is 41.6 Å². The van der Waals surface area contributed by atoms with Gasteiger partial charge in [-0.2, -0.15) is 5.10 Å². The van der Waals surface area contributed by atoms with Crippen molar-refractivity contribution in [1.29, 1.82) is 0 Å². The van der Waals surface area contributed by atoms with Crippen LogP contribution in [0, 0.1) is 6.92 Å². The number of nitrogens with zero attached hydrogens (tertiary/aromatic N) is 1. The maximum atomic E-state index is 11.8. The van der Waals surface area contributed by atoms with Crippen LogP contribution in [0.4, 0.5) is 0 Å². The molecule has 0 amide bonds. The molecular weight excluding hydrogens is 312 g/mol. The Morgan fingerprint density at radius 2 is 2.00 bits per heavy atom. The number of fused-ring (bicyclic) bond motifs is 1. The van der Waals surface area contributed by atoms with Crippen LogP contribution < -0.4 is 0 Å². The van der Waals surface area contributed by atoms with E-state index in [0.29, 0.717) is 17.5 Å². The molecular formula is C17H20N2O5. The number of Topliss-reactive ketones (excluding diaryl/α,β-unsaturated/α-hetero) is 1. The van der Waals surface area contributed by atoms with Crippen molar-refractivity contribution < 1.29 is 23.9 Å². The fraction of sp³-hybridized carbons (Fsp3) is 0.412. The number of aromatic nitrogens is 2. The third kappa shape index (κ3) is 3.98. The first-order valence-corrected chi connectivity index (χ1v) is 7.69. The minimum Gasteiger partial charge on any atom is -0.466 e. The average molecular weight is 332 g/mol. The number of ketones is 1. The maximum absolute atomic E-state index is 11.8. The van der Waals surface area contributed by atoms with Gasteiger partial charge in [-0.15, -0.1) is 0 Å². The van der Waals surface area contributed by atoms with Gasteiger partial charge in [-0.25, -0.2) is 4.79 Å². The summed E-state index contributed by atoms with van der Waals surface area (Å²) in [5, 5.41) is 7.97. The first-order chi connectivity index (χ1) is 11.5. The molecule has 7 heteroatoms. The first kappa shape index (κ1) is 17.7. The number of rotatable bonds is 7. The zero-order valence-electron chi connectivity index (χ0n) is 14.0. The van der Waals surface area contributed by atoms with Crippen molar-refractivity contribution in [3.05, 3.63) is 29.0 Å². The Bertz CT molecular complexity index is 779. The Hall–Kier alpha value is -2.70. The highest BCUT2D eigenvalue weighted by Gasteiger charge is 2.16. The van der Waals surface area contributed by atoms with Crippen LogP contribution in [0.2, 0.25) is 0 Å². The molecule has 2 rings (SSSR count). The summed E-state index contributed by atoms with van der Waals surface area (Å²) in [4.78, 5) is 34.8. The van der Waals surface area contributed by atoms with Gasteiger partial charge in [0.05, 0.1) is 24.8 Å². The zero-order chi connectivity index (χ0) is 17.7. The molecule has 0 unspecified atom stereocenters. The Labute approximate surface area is 139 Å². The third-order valence-corrected chi connectivity index (χ3v) is 3.65. The van der Waals surface area contributed by atoms with Gasteiger partial charge in [-0.1, -0.05) is 0 Å². The van der Waals surface area contributed by atoms with Crippen LogP contribution in [0.1, 0.15) is 41.4 Å². The fourth-order valence-corrected chi connectivity index (χ4v) is 2.58. The lowest BCUT2D eigenvalue weighted by Gasteiger charge is -2.04. The van der Waals surface area contributed by atoms with Gasteiger partial charge in [-0.05, 0) is 38.0 Å². The minimum atomic E-state index is -0.504. The minimum absolute atomic E-state index is 0.181. The summed E-state index contributed by atoms with van der Waals surface area (Å²) in [6.07, 6.45) is 0.437. The van der Waals surface area contributed by atoms with Crippen molar-refractivity contribution in [2.75, 3.05) is 13.7 Å². The van der Waals surface area contributed by atoms with Gasteiger partial charge in [0, 0.05) is 17.5 Å². The third-order valence-electron chi connectivity index (χ3n) is 3.65. The molecule has 0 spiro atoms. The first-order valence-electron chi connectivity index (χ1n) is 7.69. The Kier molecular flexibility index (Phi) is 5.68. The number of hydrogen-bond donors (Lipinski definition) is 1. The van der Waals surface area contributed by atoms with Crippen molar-refractivity contribution in [3.63, 3.8) is 0 Å². The van der Waals surface area contributed by atoms with E-state index < -0.39 is 11.9 Å². The van der Waals surface area contributed by atoms with Crippen LogP contribution in [0.3, 0.4) is 0 Å². The number of H-pyrrole nitrogens is 1. The number of carbonyl (C=O) groups excluding carboxylic acids is 3. The topological polar surface area (TPSA) is 98.4 Å². The highest BCUT2D eigenvalue weighted by Crippen LogP contribution is 2.24. The van der Waals surface area contributed by atoms with Gasteiger partial charge in [0.25, 0.3) is 0 Å². The number of benzene rings is 1. The number of hydrogen-bond acceptors (Lipinski definition) is 6. The van der Waals surface area contributed by atoms with E-state index in [1.54, 1.807) is 19.1 Å². The number of esters is 2. The molecule has 0 fully saturated rings. The van der Waals surface area contributed by atoms with Crippen LogP contribution in [-0.2, 0) is 25.5 Å². The number of methoxy groups -OCH3 is 1. The molecule has 0 saturated carbocycles. The molecule has 2 aromatic rings. The number of aryl methyl sites for hydroxylation is 2. The van der Waals surface area contributed by atoms with Crippen molar-refractivity contribution in [1.82, 2.24) is 10.2 Å². The summed E-state index contributed by atoms with van der Waals surface area (Å²) in [6, 6.07) is 3.38. The molecule has 1 N–H and O–H groups in total. The van der Waals surface area contributed by atoms with E-state index in [1.807, 2.05) is 6.92 Å². The molecule has 24 heavy (non-hydrogen) atoms. The average Bonchev–Trinajstić information content (AvgIpc) is 2.96. The molecule has 1 aromatic carbocycles. The van der Waals surface area contributed by atoms with E-state index in [2.05, 4.69) is 10.2 Å². The smallest absolute Gasteiger partial charge is 0.337 e. The lowest BCUT2D eigenvalue weighted by molar-refractivity contribution is -0.145. The molecule has 0 aliphatic carbocycles. The Morgan fingerprint density at radius 3 is 2.67 bits per heavy atom. The highest BCUT2D eigenvalue weighted by molar-refractivity contribution is 5.97. The Morgan fingerprint density at radius 1 is 1.25 bits per heavy atom. The van der Waals surface area contributed by atoms with Gasteiger partial charge in [0.2, 0.25) is 0 Å². The van der Waals surface area contributed by atoms with E-state index in [1.165, 1.54) is 7.11 Å². The van der Waals surface area contributed by atoms with Crippen molar-refractivity contribution in [2.45, 2.75) is 33.1 Å². The zero-order valence-corrected chi connectivity index (χ0v) is 14.0. The van der Waals surface area contributed by atoms with Crippen molar-refractivity contribution >= 4 is 28.6 Å². The molecule has 0 saturated heterocycles. The second kappa shape index (κ2) is 7.72. The summed E-state index contributed by atoms with van der Waals surface area (Å²) in [7, 11) is 1.33. The van der Waals surface area contributed by atoms with E-state index >= 15 is 0 Å². The Balaban J connectivity index is 2.12. The van der Waals surface area contributed by atoms with Crippen molar-refractivity contribution in [3.8, 4) is 0 Å². The van der Waals surface area contributed by atoms with Gasteiger partial charge in [0.1, 0.15) is 12.2 Å². The monoisotopic (exact) mass is 332 g/mol. The van der Waals surface area contributed by atoms with Crippen LogP contribution >= 0.6 is 0 Å². The normalized spacial score (nSPS) is 10.6. The largest absolute Gasteiger partial charge is 0.466 e. The lowest BCUT2D eigenvalue weighted by Crippen LogP contribution is -2.11. The summed E-state index contributed by atoms with van der Waals surface area (Å²) in [6.45, 7) is 3.83. The molecule has 0 bridgehead atoms. The SMILES string of the molecule is CCOC(=O)CC(=O)CCc1[nH]nc2cc(C(=O)OC)cc(C)c12. The molecule has 0 aliphatic heterocycles. The van der Waals surface area contributed by atoms with Gasteiger partial charge in [-0.3, -0.25) is 14.7 Å². The van der Waals surface area contributed by atoms with Crippen molar-refractivity contribution in [2.24, 2.45) is 0 Å². The van der Waals surface area contributed by atoms with E-state index in [4.69, 9.17) is 9.47 Å². The predicted molar refractivity (Wildman–Crippen MR) is 86.7 cm³/mol. The molecule has 128 valence electrons. The fourth-order valence-electron chi connectivity index (χ4n) is 2.58. The van der Waals surface area contributed by atoms with Gasteiger partial charge in [0.15, 0.2) is 0 Å². The predicted octanol–water partition coefficient (Wildman–Crippen LogP) is 2.11. The van der Waals surface area contributed by atoms with Gasteiger partial charge >= 0.3 is 11.9 Å². The summed E-state index contributed by atoms with van der Waals surface area (Å²) in [5.74, 6) is -1.11. The summed E-state index contributed by atoms with van der Waals surface area (Å²) >= 11 is 0. The molecule has 7 nitrogen and oxygen atoms in total. The quantitative estimate of drug-likeness (QED) is 0.616. The highest BCUT2D eigenvalue weighted by atomic mass is 16.5. The molecule has 1 aromatic heterocycles. The summed E-state index contributed by atoms with van der Waals surface area (Å²) in [5.41, 5.74) is 2.74. The number of nitrogens with one attached hydrogen (secondary N) is 1. The molecule has 0 aliphatic rings. The molecule has 0 radical (unpaired) electrons. The maximum Gasteiger partial charge on any atom is 0.337 e. The van der Waals surface area contributed by atoms with Crippen LogP contribution in [0.15, 0.2) is 12.1 Å². The number of carbonyl (C=O) groups is 3. The van der Waals surface area contributed by atoms with E-state index in [-0.39, 0.29) is 25.2 Å². The standard InChI is InChI=1S/C17H20N2O5/c1-4-24-15(21)9-12(20)5-6-13-16-10(2)7-11(17(22)23-3)8-14(16)19-18-13/h7-8H,4-6,9H2,1-3H3,(H,18,19). The van der Waals surface area contributed by atoms with E-state index in [9.17, 15) is 14.4 Å². The van der Waals surface area contributed by atoms with Crippen LogP contribution in [0.25, 0.3) is 10.9 Å².